The predicted octanol–water partition coefficient (Wildman–Crippen LogP) is 0.135. The van der Waals surface area contributed by atoms with E-state index in [2.05, 4.69) is 11.9 Å². The third kappa shape index (κ3) is 1.05. The molecule has 0 saturated carbocycles. The van der Waals surface area contributed by atoms with Gasteiger partial charge in [0.1, 0.15) is 0 Å². The molecule has 3 heteroatoms. The molecule has 1 N–H and O–H groups in total. The Labute approximate surface area is 72.4 Å². The molecule has 0 aromatic rings. The number of carbonyl (C=O) groups is 1. The minimum Gasteiger partial charge on any atom is -0.331 e. The van der Waals surface area contributed by atoms with Crippen LogP contribution in [0, 0.1) is 0 Å². The highest BCUT2D eigenvalue weighted by Gasteiger charge is 2.38. The monoisotopic (exact) mass is 166 g/mol. The van der Waals surface area contributed by atoms with E-state index in [4.69, 9.17) is 0 Å². The van der Waals surface area contributed by atoms with Crippen LogP contribution in [0.15, 0.2) is 12.7 Å². The van der Waals surface area contributed by atoms with Gasteiger partial charge in [0, 0.05) is 25.2 Å². The minimum atomic E-state index is 0.101. The molecule has 1 amide bonds. The molecule has 12 heavy (non-hydrogen) atoms. The normalized spacial score (nSPS) is 33.5. The lowest BCUT2D eigenvalue weighted by molar-refractivity contribution is -0.129. The van der Waals surface area contributed by atoms with Gasteiger partial charge >= 0.3 is 0 Å². The first-order valence-electron chi connectivity index (χ1n) is 4.48. The van der Waals surface area contributed by atoms with E-state index in [0.29, 0.717) is 12.1 Å². The van der Waals surface area contributed by atoms with Crippen LogP contribution in [0.3, 0.4) is 0 Å². The summed E-state index contributed by atoms with van der Waals surface area (Å²) in [4.78, 5) is 13.4. The Hall–Kier alpha value is -0.830. The molecule has 0 spiro atoms. The van der Waals surface area contributed by atoms with Gasteiger partial charge in [-0.1, -0.05) is 6.58 Å². The first-order chi connectivity index (χ1) is 5.83. The molecule has 0 radical (unpaired) electrons. The van der Waals surface area contributed by atoms with Gasteiger partial charge in [-0.25, -0.2) is 0 Å². The number of hydrogen-bond acceptors (Lipinski definition) is 2. The summed E-state index contributed by atoms with van der Waals surface area (Å²) in [6.45, 7) is 5.43. The average Bonchev–Trinajstić information content (AvgIpc) is 2.35. The molecular weight excluding hydrogens is 152 g/mol. The number of piperazine rings is 1. The number of rotatable bonds is 1. The van der Waals surface area contributed by atoms with Crippen molar-refractivity contribution in [2.24, 2.45) is 0 Å². The number of fused-ring (bicyclic) bond motifs is 2. The van der Waals surface area contributed by atoms with Crippen molar-refractivity contribution in [1.29, 1.82) is 0 Å². The van der Waals surface area contributed by atoms with Crippen LogP contribution in [0.5, 0.6) is 0 Å². The summed E-state index contributed by atoms with van der Waals surface area (Å²) in [7, 11) is 0. The fraction of sp³-hybridized carbons (Fsp3) is 0.667. The molecule has 0 aromatic heterocycles. The second-order valence-corrected chi connectivity index (χ2v) is 3.49. The van der Waals surface area contributed by atoms with Gasteiger partial charge in [-0.05, 0) is 18.9 Å². The van der Waals surface area contributed by atoms with E-state index in [1.54, 1.807) is 0 Å². The van der Waals surface area contributed by atoms with Crippen LogP contribution in [-0.4, -0.2) is 36.0 Å². The molecule has 2 fully saturated rings. The summed E-state index contributed by atoms with van der Waals surface area (Å²) in [5.41, 5.74) is 0. The smallest absolute Gasteiger partial charge is 0.246 e. The van der Waals surface area contributed by atoms with Gasteiger partial charge in [-0.15, -0.1) is 0 Å². The summed E-state index contributed by atoms with van der Waals surface area (Å²) < 4.78 is 0. The van der Waals surface area contributed by atoms with Gasteiger partial charge in [0.25, 0.3) is 0 Å². The molecule has 2 heterocycles. The van der Waals surface area contributed by atoms with Crippen molar-refractivity contribution in [3.8, 4) is 0 Å². The van der Waals surface area contributed by atoms with Crippen LogP contribution in [-0.2, 0) is 4.79 Å². The third-order valence-electron chi connectivity index (χ3n) is 2.81. The molecule has 2 saturated heterocycles. The second kappa shape index (κ2) is 2.90. The number of hydrogen-bond donors (Lipinski definition) is 1. The van der Waals surface area contributed by atoms with Crippen molar-refractivity contribution in [1.82, 2.24) is 10.2 Å². The Morgan fingerprint density at radius 1 is 1.42 bits per heavy atom. The lowest BCUT2D eigenvalue weighted by atomic mass is 10.2. The van der Waals surface area contributed by atoms with Crippen LogP contribution in [0.1, 0.15) is 12.8 Å². The van der Waals surface area contributed by atoms with Gasteiger partial charge in [-0.2, -0.15) is 0 Å². The Bertz CT molecular complexity index is 199. The molecule has 2 atom stereocenters. The fourth-order valence-corrected chi connectivity index (χ4v) is 2.24. The fourth-order valence-electron chi connectivity index (χ4n) is 2.24. The maximum absolute atomic E-state index is 11.4. The van der Waals surface area contributed by atoms with Crippen LogP contribution >= 0.6 is 0 Å². The SMILES string of the molecule is C=CC(=O)N1C2CCC1CNC2. The van der Waals surface area contributed by atoms with Crippen LogP contribution < -0.4 is 5.32 Å². The molecule has 0 aliphatic carbocycles. The van der Waals surface area contributed by atoms with Crippen LogP contribution in [0.4, 0.5) is 0 Å². The van der Waals surface area contributed by atoms with Crippen molar-refractivity contribution < 1.29 is 4.79 Å². The van der Waals surface area contributed by atoms with E-state index in [0.717, 1.165) is 25.9 Å². The number of amides is 1. The standard InChI is InChI=1S/C9H14N2O/c1-2-9(12)11-7-3-4-8(11)6-10-5-7/h2,7-8,10H,1,3-6H2. The second-order valence-electron chi connectivity index (χ2n) is 3.49. The highest BCUT2D eigenvalue weighted by molar-refractivity contribution is 5.87. The highest BCUT2D eigenvalue weighted by atomic mass is 16.2. The molecule has 0 aromatic carbocycles. The molecule has 2 unspecified atom stereocenters. The summed E-state index contributed by atoms with van der Waals surface area (Å²) in [5, 5.41) is 3.33. The van der Waals surface area contributed by atoms with Gasteiger partial charge in [-0.3, -0.25) is 4.79 Å². The van der Waals surface area contributed by atoms with Gasteiger partial charge in [0.05, 0.1) is 0 Å². The van der Waals surface area contributed by atoms with Crippen molar-refractivity contribution in [2.45, 2.75) is 24.9 Å². The molecule has 3 nitrogen and oxygen atoms in total. The van der Waals surface area contributed by atoms with Crippen LogP contribution in [0.2, 0.25) is 0 Å². The van der Waals surface area contributed by atoms with E-state index in [9.17, 15) is 4.79 Å². The van der Waals surface area contributed by atoms with E-state index in [-0.39, 0.29) is 5.91 Å². The maximum Gasteiger partial charge on any atom is 0.246 e. The molecular formula is C9H14N2O. The number of nitrogens with one attached hydrogen (secondary N) is 1. The lowest BCUT2D eigenvalue weighted by Gasteiger charge is -2.34. The summed E-state index contributed by atoms with van der Waals surface area (Å²) in [6.07, 6.45) is 3.73. The third-order valence-corrected chi connectivity index (χ3v) is 2.81. The van der Waals surface area contributed by atoms with E-state index < -0.39 is 0 Å². The van der Waals surface area contributed by atoms with Crippen molar-refractivity contribution in [2.75, 3.05) is 13.1 Å². The Morgan fingerprint density at radius 3 is 2.50 bits per heavy atom. The lowest BCUT2D eigenvalue weighted by Crippen LogP contribution is -2.53. The predicted molar refractivity (Wildman–Crippen MR) is 46.7 cm³/mol. The van der Waals surface area contributed by atoms with Gasteiger partial charge < -0.3 is 10.2 Å². The number of nitrogens with zero attached hydrogens (tertiary/aromatic N) is 1. The molecule has 2 aliphatic heterocycles. The zero-order chi connectivity index (χ0) is 8.55. The van der Waals surface area contributed by atoms with E-state index >= 15 is 0 Å². The first-order valence-corrected chi connectivity index (χ1v) is 4.48. The Morgan fingerprint density at radius 2 is 2.00 bits per heavy atom. The summed E-state index contributed by atoms with van der Waals surface area (Å²) in [5.74, 6) is 0.101. The van der Waals surface area contributed by atoms with Crippen LogP contribution in [0.25, 0.3) is 0 Å². The van der Waals surface area contributed by atoms with Crippen molar-refractivity contribution in [3.05, 3.63) is 12.7 Å². The Kier molecular flexibility index (Phi) is 1.89. The highest BCUT2D eigenvalue weighted by Crippen LogP contribution is 2.26. The first kappa shape index (κ1) is 7.80. The number of carbonyl (C=O) groups excluding carboxylic acids is 1. The summed E-state index contributed by atoms with van der Waals surface area (Å²) >= 11 is 0. The zero-order valence-corrected chi connectivity index (χ0v) is 7.12. The van der Waals surface area contributed by atoms with Crippen molar-refractivity contribution >= 4 is 5.91 Å². The molecule has 66 valence electrons. The molecule has 2 bridgehead atoms. The van der Waals surface area contributed by atoms with E-state index in [1.807, 2.05) is 4.90 Å². The Balaban J connectivity index is 2.15. The average molecular weight is 166 g/mol. The minimum absolute atomic E-state index is 0.101. The van der Waals surface area contributed by atoms with Gasteiger partial charge in [0.15, 0.2) is 0 Å². The summed E-state index contributed by atoms with van der Waals surface area (Å²) in [6, 6.07) is 0.850. The van der Waals surface area contributed by atoms with Gasteiger partial charge in [0.2, 0.25) is 5.91 Å². The quantitative estimate of drug-likeness (QED) is 0.562. The van der Waals surface area contributed by atoms with Crippen molar-refractivity contribution in [3.63, 3.8) is 0 Å². The largest absolute Gasteiger partial charge is 0.331 e. The zero-order valence-electron chi connectivity index (χ0n) is 7.12. The topological polar surface area (TPSA) is 32.3 Å². The molecule has 2 rings (SSSR count). The molecule has 2 aliphatic rings. The van der Waals surface area contributed by atoms with E-state index in [1.165, 1.54) is 6.08 Å². The maximum atomic E-state index is 11.4.